The first-order chi connectivity index (χ1) is 9.36. The first-order valence-corrected chi connectivity index (χ1v) is 8.04. The lowest BCUT2D eigenvalue weighted by Gasteiger charge is -2.13. The van der Waals surface area contributed by atoms with Gasteiger partial charge in [-0.2, -0.15) is 0 Å². The van der Waals surface area contributed by atoms with Crippen LogP contribution in [0.4, 0.5) is 0 Å². The summed E-state index contributed by atoms with van der Waals surface area (Å²) in [4.78, 5) is 4.49. The number of pyridine rings is 1. The zero-order valence-electron chi connectivity index (χ0n) is 11.4. The maximum Gasteiger partial charge on any atom is 0.148 e. The molecule has 0 aliphatic heterocycles. The summed E-state index contributed by atoms with van der Waals surface area (Å²) >= 11 is 3.45. The van der Waals surface area contributed by atoms with Crippen LogP contribution in [0.25, 0.3) is 10.9 Å². The molecule has 0 bridgehead atoms. The average Bonchev–Trinajstić information content (AvgIpc) is 2.45. The summed E-state index contributed by atoms with van der Waals surface area (Å²) in [7, 11) is 0. The molecule has 1 aromatic heterocycles. The Balaban J connectivity index is 2.27. The molecule has 0 fully saturated rings. The molecule has 0 N–H and O–H groups in total. The van der Waals surface area contributed by atoms with Crippen molar-refractivity contribution < 1.29 is 4.74 Å². The van der Waals surface area contributed by atoms with Gasteiger partial charge in [-0.25, -0.2) is 0 Å². The van der Waals surface area contributed by atoms with Crippen molar-refractivity contribution in [1.82, 2.24) is 4.98 Å². The van der Waals surface area contributed by atoms with Gasteiger partial charge < -0.3 is 4.74 Å². The molecule has 3 heteroatoms. The number of alkyl halides is 1. The molecule has 1 aromatic carbocycles. The normalized spacial score (nSPS) is 10.8. The van der Waals surface area contributed by atoms with Crippen LogP contribution >= 0.6 is 15.9 Å². The summed E-state index contributed by atoms with van der Waals surface area (Å²) in [5, 5.41) is 2.18. The van der Waals surface area contributed by atoms with E-state index in [1.54, 1.807) is 0 Å². The molecule has 1 heterocycles. The Bertz CT molecular complexity index is 527. The van der Waals surface area contributed by atoms with E-state index in [9.17, 15) is 0 Å². The maximum atomic E-state index is 6.02. The number of aryl methyl sites for hydroxylation is 1. The number of fused-ring (bicyclic) bond motifs is 1. The lowest BCUT2D eigenvalue weighted by molar-refractivity contribution is 0.310. The molecule has 102 valence electrons. The molecule has 0 atom stereocenters. The molecule has 0 saturated carbocycles. The highest BCUT2D eigenvalue weighted by molar-refractivity contribution is 9.09. The molecule has 0 amide bonds. The van der Waals surface area contributed by atoms with Crippen LogP contribution < -0.4 is 4.74 Å². The van der Waals surface area contributed by atoms with Gasteiger partial charge in [-0.05, 0) is 30.9 Å². The van der Waals surface area contributed by atoms with E-state index in [0.717, 1.165) is 54.3 Å². The second kappa shape index (κ2) is 7.49. The number of unbranched alkanes of at least 4 members (excludes halogenated alkanes) is 1. The molecular formula is C16H20BrNO. The van der Waals surface area contributed by atoms with Gasteiger partial charge in [0.05, 0.1) is 6.61 Å². The maximum absolute atomic E-state index is 6.02. The number of halogens is 1. The van der Waals surface area contributed by atoms with E-state index in [1.165, 1.54) is 5.56 Å². The monoisotopic (exact) mass is 321 g/mol. The molecule has 2 aromatic rings. The number of rotatable bonds is 7. The summed E-state index contributed by atoms with van der Waals surface area (Å²) in [5.41, 5.74) is 2.26. The molecule has 2 rings (SSSR count). The van der Waals surface area contributed by atoms with Crippen LogP contribution in [0.3, 0.4) is 0 Å². The number of ether oxygens (including phenoxy) is 1. The van der Waals surface area contributed by atoms with Crippen LogP contribution in [-0.2, 0) is 6.42 Å². The highest BCUT2D eigenvalue weighted by Crippen LogP contribution is 2.29. The van der Waals surface area contributed by atoms with Gasteiger partial charge >= 0.3 is 0 Å². The molecule has 0 aliphatic carbocycles. The van der Waals surface area contributed by atoms with E-state index >= 15 is 0 Å². The van der Waals surface area contributed by atoms with Crippen LogP contribution in [0.5, 0.6) is 5.75 Å². The summed E-state index contributed by atoms with van der Waals surface area (Å²) in [6.07, 6.45) is 6.21. The van der Waals surface area contributed by atoms with Gasteiger partial charge in [0.1, 0.15) is 11.3 Å². The number of hydrogen-bond acceptors (Lipinski definition) is 2. The van der Waals surface area contributed by atoms with Gasteiger partial charge in [0.15, 0.2) is 0 Å². The quantitative estimate of drug-likeness (QED) is 0.542. The van der Waals surface area contributed by atoms with Crippen molar-refractivity contribution in [2.45, 2.75) is 32.6 Å². The largest absolute Gasteiger partial charge is 0.491 e. The summed E-state index contributed by atoms with van der Waals surface area (Å²) in [6.45, 7) is 2.95. The fraction of sp³-hybridized carbons (Fsp3) is 0.438. The number of aromatic nitrogens is 1. The van der Waals surface area contributed by atoms with Crippen LogP contribution in [0, 0.1) is 0 Å². The summed E-state index contributed by atoms with van der Waals surface area (Å²) < 4.78 is 6.02. The topological polar surface area (TPSA) is 22.1 Å². The van der Waals surface area contributed by atoms with Gasteiger partial charge in [-0.1, -0.05) is 47.5 Å². The van der Waals surface area contributed by atoms with Crippen LogP contribution in [0.15, 0.2) is 30.5 Å². The van der Waals surface area contributed by atoms with Gasteiger partial charge in [0.25, 0.3) is 0 Å². The van der Waals surface area contributed by atoms with Crippen LogP contribution in [-0.4, -0.2) is 16.9 Å². The van der Waals surface area contributed by atoms with Gasteiger partial charge in [-0.3, -0.25) is 4.98 Å². The Hall–Kier alpha value is -1.09. The van der Waals surface area contributed by atoms with E-state index in [4.69, 9.17) is 4.74 Å². The Labute approximate surface area is 123 Å². The second-order valence-corrected chi connectivity index (χ2v) is 5.42. The molecule has 19 heavy (non-hydrogen) atoms. The Morgan fingerprint density at radius 2 is 2.11 bits per heavy atom. The number of nitrogens with zero attached hydrogens (tertiary/aromatic N) is 1. The number of benzene rings is 1. The van der Waals surface area contributed by atoms with Crippen molar-refractivity contribution in [3.63, 3.8) is 0 Å². The molecule has 0 aliphatic rings. The molecular weight excluding hydrogens is 302 g/mol. The van der Waals surface area contributed by atoms with E-state index in [-0.39, 0.29) is 0 Å². The van der Waals surface area contributed by atoms with Crippen molar-refractivity contribution in [1.29, 1.82) is 0 Å². The molecule has 0 radical (unpaired) electrons. The Morgan fingerprint density at radius 1 is 1.21 bits per heavy atom. The lowest BCUT2D eigenvalue weighted by atomic mass is 10.1. The van der Waals surface area contributed by atoms with Crippen LogP contribution in [0.1, 0.15) is 31.7 Å². The highest BCUT2D eigenvalue weighted by atomic mass is 79.9. The first-order valence-electron chi connectivity index (χ1n) is 6.92. The van der Waals surface area contributed by atoms with E-state index in [0.29, 0.717) is 0 Å². The third-order valence-corrected chi connectivity index (χ3v) is 3.66. The predicted octanol–water partition coefficient (Wildman–Crippen LogP) is 4.74. The van der Waals surface area contributed by atoms with Crippen LogP contribution in [0.2, 0.25) is 0 Å². The SMILES string of the molecule is CCCc1ccc2cccnc2c1OCCCCBr. The third kappa shape index (κ3) is 3.69. The molecule has 0 unspecified atom stereocenters. The lowest BCUT2D eigenvalue weighted by Crippen LogP contribution is -2.02. The van der Waals surface area contributed by atoms with Crippen molar-refractivity contribution >= 4 is 26.8 Å². The third-order valence-electron chi connectivity index (χ3n) is 3.10. The minimum absolute atomic E-state index is 0.762. The Kier molecular flexibility index (Phi) is 5.64. The summed E-state index contributed by atoms with van der Waals surface area (Å²) in [6, 6.07) is 8.37. The standard InChI is InChI=1S/C16H20BrNO/c1-2-6-14-9-8-13-7-5-11-18-15(13)16(14)19-12-4-3-10-17/h5,7-9,11H,2-4,6,10,12H2,1H3. The zero-order chi connectivity index (χ0) is 13.5. The first kappa shape index (κ1) is 14.3. The van der Waals surface area contributed by atoms with Gasteiger partial charge in [-0.15, -0.1) is 0 Å². The molecule has 0 spiro atoms. The van der Waals surface area contributed by atoms with Crippen molar-refractivity contribution in [3.05, 3.63) is 36.0 Å². The summed E-state index contributed by atoms with van der Waals surface area (Å²) in [5.74, 6) is 0.981. The molecule has 0 saturated heterocycles. The van der Waals surface area contributed by atoms with Crippen molar-refractivity contribution in [2.24, 2.45) is 0 Å². The fourth-order valence-corrected chi connectivity index (χ4v) is 2.55. The minimum atomic E-state index is 0.762. The fourth-order valence-electron chi connectivity index (χ4n) is 2.16. The van der Waals surface area contributed by atoms with E-state index in [1.807, 2.05) is 12.3 Å². The Morgan fingerprint density at radius 3 is 2.89 bits per heavy atom. The molecule has 2 nitrogen and oxygen atoms in total. The smallest absolute Gasteiger partial charge is 0.148 e. The highest BCUT2D eigenvalue weighted by Gasteiger charge is 2.09. The van der Waals surface area contributed by atoms with E-state index < -0.39 is 0 Å². The zero-order valence-corrected chi connectivity index (χ0v) is 12.9. The van der Waals surface area contributed by atoms with Crippen molar-refractivity contribution in [3.8, 4) is 5.75 Å². The van der Waals surface area contributed by atoms with Crippen molar-refractivity contribution in [2.75, 3.05) is 11.9 Å². The number of hydrogen-bond donors (Lipinski definition) is 0. The average molecular weight is 322 g/mol. The predicted molar refractivity (Wildman–Crippen MR) is 84.3 cm³/mol. The second-order valence-electron chi connectivity index (χ2n) is 4.62. The van der Waals surface area contributed by atoms with E-state index in [2.05, 4.69) is 46.0 Å². The van der Waals surface area contributed by atoms with Gasteiger partial charge in [0.2, 0.25) is 0 Å². The minimum Gasteiger partial charge on any atom is -0.491 e. The van der Waals surface area contributed by atoms with Gasteiger partial charge in [0, 0.05) is 16.9 Å².